The molecule has 6 heteroatoms. The van der Waals surface area contributed by atoms with Gasteiger partial charge in [-0.2, -0.15) is 13.2 Å². The highest BCUT2D eigenvalue weighted by Crippen LogP contribution is 2.27. The number of nitrogens with one attached hydrogen (secondary N) is 1. The summed E-state index contributed by atoms with van der Waals surface area (Å²) in [6, 6.07) is 4.99. The Morgan fingerprint density at radius 3 is 2.59 bits per heavy atom. The summed E-state index contributed by atoms with van der Waals surface area (Å²) >= 11 is 5.87. The van der Waals surface area contributed by atoms with Crippen molar-refractivity contribution in [1.29, 1.82) is 0 Å². The van der Waals surface area contributed by atoms with Gasteiger partial charge in [0.15, 0.2) is 0 Å². The van der Waals surface area contributed by atoms with E-state index in [-0.39, 0.29) is 13.0 Å². The number of benzene rings is 1. The molecule has 0 unspecified atom stereocenters. The molecule has 1 rings (SSSR count). The summed E-state index contributed by atoms with van der Waals surface area (Å²) in [4.78, 5) is 0. The van der Waals surface area contributed by atoms with Gasteiger partial charge in [-0.15, -0.1) is 0 Å². The average Bonchev–Trinajstić information content (AvgIpc) is 2.23. The van der Waals surface area contributed by atoms with Crippen LogP contribution in [0, 0.1) is 0 Å². The van der Waals surface area contributed by atoms with Gasteiger partial charge in [0.1, 0.15) is 5.75 Å². The van der Waals surface area contributed by atoms with Crippen molar-refractivity contribution in [3.8, 4) is 5.75 Å². The Morgan fingerprint density at radius 1 is 1.35 bits per heavy atom. The van der Waals surface area contributed by atoms with E-state index in [1.54, 1.807) is 18.2 Å². The smallest absolute Gasteiger partial charge is 0.389 e. The molecule has 96 valence electrons. The Bertz CT molecular complexity index is 368. The number of anilines is 1. The normalized spacial score (nSPS) is 11.4. The van der Waals surface area contributed by atoms with Gasteiger partial charge >= 0.3 is 6.18 Å². The molecule has 0 spiro atoms. The largest absolute Gasteiger partial charge is 0.495 e. The summed E-state index contributed by atoms with van der Waals surface area (Å²) in [6.45, 7) is 0.252. The van der Waals surface area contributed by atoms with E-state index in [0.29, 0.717) is 16.5 Å². The first-order valence-corrected chi connectivity index (χ1v) is 5.44. The van der Waals surface area contributed by atoms with Gasteiger partial charge in [-0.3, -0.25) is 0 Å². The van der Waals surface area contributed by atoms with Crippen LogP contribution in [0.1, 0.15) is 12.8 Å². The topological polar surface area (TPSA) is 21.3 Å². The van der Waals surface area contributed by atoms with Crippen LogP contribution < -0.4 is 10.1 Å². The van der Waals surface area contributed by atoms with Crippen molar-refractivity contribution in [2.45, 2.75) is 19.0 Å². The lowest BCUT2D eigenvalue weighted by Gasteiger charge is -2.10. The molecule has 0 radical (unpaired) electrons. The number of halogens is 4. The quantitative estimate of drug-likeness (QED) is 0.811. The molecule has 0 fully saturated rings. The van der Waals surface area contributed by atoms with Crippen molar-refractivity contribution >= 4 is 17.3 Å². The number of methoxy groups -OCH3 is 1. The average molecular weight is 268 g/mol. The molecule has 0 aliphatic carbocycles. The molecule has 17 heavy (non-hydrogen) atoms. The van der Waals surface area contributed by atoms with Gasteiger partial charge < -0.3 is 10.1 Å². The van der Waals surface area contributed by atoms with E-state index < -0.39 is 12.6 Å². The van der Waals surface area contributed by atoms with E-state index in [9.17, 15) is 13.2 Å². The molecular weight excluding hydrogens is 255 g/mol. The third kappa shape index (κ3) is 5.17. The van der Waals surface area contributed by atoms with Crippen LogP contribution in [0.25, 0.3) is 0 Å². The minimum absolute atomic E-state index is 0.0349. The fourth-order valence-electron chi connectivity index (χ4n) is 1.30. The maximum Gasteiger partial charge on any atom is 0.389 e. The lowest BCUT2D eigenvalue weighted by atomic mass is 10.2. The lowest BCUT2D eigenvalue weighted by molar-refractivity contribution is -0.134. The van der Waals surface area contributed by atoms with Gasteiger partial charge in [-0.05, 0) is 24.6 Å². The van der Waals surface area contributed by atoms with Crippen LogP contribution in [0.15, 0.2) is 18.2 Å². The molecule has 0 saturated carbocycles. The van der Waals surface area contributed by atoms with E-state index in [1.165, 1.54) is 7.11 Å². The molecule has 0 atom stereocenters. The minimum Gasteiger partial charge on any atom is -0.495 e. The molecule has 0 amide bonds. The predicted molar refractivity (Wildman–Crippen MR) is 61.8 cm³/mol. The predicted octanol–water partition coefficient (Wildman–Crippen LogP) is 4.10. The van der Waals surface area contributed by atoms with Gasteiger partial charge in [-0.25, -0.2) is 0 Å². The zero-order valence-corrected chi connectivity index (χ0v) is 10.0. The van der Waals surface area contributed by atoms with Gasteiger partial charge in [0, 0.05) is 18.7 Å². The molecule has 1 aromatic rings. The minimum atomic E-state index is -4.10. The van der Waals surface area contributed by atoms with Crippen molar-refractivity contribution in [2.75, 3.05) is 19.0 Å². The fourth-order valence-corrected chi connectivity index (χ4v) is 1.56. The van der Waals surface area contributed by atoms with Crippen LogP contribution in [0.4, 0.5) is 18.9 Å². The Morgan fingerprint density at radius 2 is 2.06 bits per heavy atom. The van der Waals surface area contributed by atoms with Crippen molar-refractivity contribution in [3.05, 3.63) is 23.2 Å². The van der Waals surface area contributed by atoms with Crippen molar-refractivity contribution in [1.82, 2.24) is 0 Å². The maximum absolute atomic E-state index is 11.9. The molecular formula is C11H13ClF3NO. The number of hydrogen-bond acceptors (Lipinski definition) is 2. The zero-order valence-electron chi connectivity index (χ0n) is 9.27. The van der Waals surface area contributed by atoms with Crippen LogP contribution in [0.2, 0.25) is 5.02 Å². The lowest BCUT2D eigenvalue weighted by Crippen LogP contribution is -2.10. The summed E-state index contributed by atoms with van der Waals surface area (Å²) in [7, 11) is 1.50. The summed E-state index contributed by atoms with van der Waals surface area (Å²) in [5.74, 6) is 0.535. The van der Waals surface area contributed by atoms with E-state index in [1.807, 2.05) is 0 Å². The molecule has 1 aromatic carbocycles. The van der Waals surface area contributed by atoms with Crippen molar-refractivity contribution < 1.29 is 17.9 Å². The van der Waals surface area contributed by atoms with Crippen LogP contribution in [-0.4, -0.2) is 19.8 Å². The maximum atomic E-state index is 11.9. The molecule has 0 saturated heterocycles. The number of alkyl halides is 3. The second-order valence-corrected chi connectivity index (χ2v) is 3.90. The SMILES string of the molecule is COc1ccc(NCCCC(F)(F)F)cc1Cl. The molecule has 0 bridgehead atoms. The number of ether oxygens (including phenoxy) is 1. The molecule has 2 nitrogen and oxygen atoms in total. The fraction of sp³-hybridized carbons (Fsp3) is 0.455. The third-order valence-electron chi connectivity index (χ3n) is 2.12. The van der Waals surface area contributed by atoms with E-state index in [0.717, 1.165) is 0 Å². The highest BCUT2D eigenvalue weighted by Gasteiger charge is 2.25. The van der Waals surface area contributed by atoms with Gasteiger partial charge in [-0.1, -0.05) is 11.6 Å². The summed E-state index contributed by atoms with van der Waals surface area (Å²) < 4.78 is 40.6. The Hall–Kier alpha value is -1.10. The van der Waals surface area contributed by atoms with Crippen molar-refractivity contribution in [3.63, 3.8) is 0 Å². The molecule has 1 N–H and O–H groups in total. The molecule has 0 heterocycles. The number of rotatable bonds is 5. The van der Waals surface area contributed by atoms with Crippen LogP contribution in [-0.2, 0) is 0 Å². The second kappa shape index (κ2) is 6.00. The van der Waals surface area contributed by atoms with E-state index in [2.05, 4.69) is 5.32 Å². The first-order valence-electron chi connectivity index (χ1n) is 5.06. The second-order valence-electron chi connectivity index (χ2n) is 3.49. The summed E-state index contributed by atoms with van der Waals surface area (Å²) in [5.41, 5.74) is 0.679. The summed E-state index contributed by atoms with van der Waals surface area (Å²) in [6.07, 6.45) is -4.85. The highest BCUT2D eigenvalue weighted by molar-refractivity contribution is 6.32. The van der Waals surface area contributed by atoms with E-state index in [4.69, 9.17) is 16.3 Å². The van der Waals surface area contributed by atoms with Gasteiger partial charge in [0.25, 0.3) is 0 Å². The standard InChI is InChI=1S/C11H13ClF3NO/c1-17-10-4-3-8(7-9(10)12)16-6-2-5-11(13,14)15/h3-4,7,16H,2,5-6H2,1H3. The highest BCUT2D eigenvalue weighted by atomic mass is 35.5. The number of hydrogen-bond donors (Lipinski definition) is 1. The zero-order chi connectivity index (χ0) is 12.9. The Kier molecular flexibility index (Phi) is 4.93. The Labute approximate surface area is 103 Å². The first kappa shape index (κ1) is 14.0. The molecule has 0 aromatic heterocycles. The van der Waals surface area contributed by atoms with Crippen LogP contribution in [0.5, 0.6) is 5.75 Å². The molecule has 0 aliphatic heterocycles. The van der Waals surface area contributed by atoms with Gasteiger partial charge in [0.05, 0.1) is 12.1 Å². The summed E-state index contributed by atoms with van der Waals surface area (Å²) in [5, 5.41) is 3.29. The third-order valence-corrected chi connectivity index (χ3v) is 2.41. The van der Waals surface area contributed by atoms with Crippen LogP contribution >= 0.6 is 11.6 Å². The van der Waals surface area contributed by atoms with Crippen LogP contribution in [0.3, 0.4) is 0 Å². The molecule has 0 aliphatic rings. The van der Waals surface area contributed by atoms with Crippen molar-refractivity contribution in [2.24, 2.45) is 0 Å². The monoisotopic (exact) mass is 267 g/mol. The van der Waals surface area contributed by atoms with E-state index >= 15 is 0 Å². The Balaban J connectivity index is 2.40. The van der Waals surface area contributed by atoms with Gasteiger partial charge in [0.2, 0.25) is 0 Å². The first-order chi connectivity index (χ1) is 7.92.